The number of methoxy groups -OCH3 is 1. The fourth-order valence-corrected chi connectivity index (χ4v) is 3.67. The van der Waals surface area contributed by atoms with Crippen LogP contribution < -0.4 is 4.90 Å². The highest BCUT2D eigenvalue weighted by Gasteiger charge is 2.32. The molecule has 4 rings (SSSR count). The molecule has 0 aliphatic carbocycles. The maximum Gasteiger partial charge on any atom is 0.338 e. The van der Waals surface area contributed by atoms with Gasteiger partial charge in [0, 0.05) is 18.3 Å². The van der Waals surface area contributed by atoms with E-state index in [4.69, 9.17) is 4.74 Å². The Morgan fingerprint density at radius 1 is 1.07 bits per heavy atom. The van der Waals surface area contributed by atoms with Crippen molar-refractivity contribution in [3.05, 3.63) is 66.1 Å². The summed E-state index contributed by atoms with van der Waals surface area (Å²) in [5.41, 5.74) is 1.62. The van der Waals surface area contributed by atoms with E-state index in [0.29, 0.717) is 35.6 Å². The average molecular weight is 391 g/mol. The number of Topliss-reactive ketones (excluding diaryl/α,β-unsaturated/α-hetero) is 1. The topological polar surface area (TPSA) is 90.2 Å². The number of aromatic nitrogens is 4. The van der Waals surface area contributed by atoms with Crippen molar-refractivity contribution in [2.24, 2.45) is 0 Å². The molecule has 1 fully saturated rings. The van der Waals surface area contributed by atoms with Gasteiger partial charge in [0.1, 0.15) is 5.82 Å². The number of rotatable bonds is 5. The Labute approximate surface area is 168 Å². The number of benzene rings is 1. The van der Waals surface area contributed by atoms with Crippen LogP contribution in [0.15, 0.2) is 55.0 Å². The molecule has 29 heavy (non-hydrogen) atoms. The van der Waals surface area contributed by atoms with Crippen LogP contribution in [0.5, 0.6) is 0 Å². The number of nitrogens with zero attached hydrogens (tertiary/aromatic N) is 5. The van der Waals surface area contributed by atoms with Crippen LogP contribution >= 0.6 is 0 Å². The molecule has 0 amide bonds. The lowest BCUT2D eigenvalue weighted by Gasteiger charge is -2.36. The Bertz CT molecular complexity index is 1020. The summed E-state index contributed by atoms with van der Waals surface area (Å²) in [4.78, 5) is 33.3. The molecule has 0 bridgehead atoms. The molecule has 0 N–H and O–H groups in total. The minimum absolute atomic E-state index is 0.0112. The first-order valence-electron chi connectivity index (χ1n) is 9.50. The molecule has 1 saturated heterocycles. The van der Waals surface area contributed by atoms with Crippen LogP contribution in [0.3, 0.4) is 0 Å². The average Bonchev–Trinajstić information content (AvgIpc) is 3.33. The zero-order valence-corrected chi connectivity index (χ0v) is 16.1. The molecule has 0 saturated carbocycles. The summed E-state index contributed by atoms with van der Waals surface area (Å²) in [7, 11) is 1.34. The molecule has 2 aromatic heterocycles. The Balaban J connectivity index is 1.69. The third-order valence-corrected chi connectivity index (χ3v) is 5.07. The van der Waals surface area contributed by atoms with Crippen LogP contribution in [0, 0.1) is 0 Å². The third-order valence-electron chi connectivity index (χ3n) is 5.07. The summed E-state index contributed by atoms with van der Waals surface area (Å²) in [6, 6.07) is 10.2. The highest BCUT2D eigenvalue weighted by Crippen LogP contribution is 2.28. The van der Waals surface area contributed by atoms with E-state index < -0.39 is 5.97 Å². The van der Waals surface area contributed by atoms with E-state index in [-0.39, 0.29) is 11.8 Å². The van der Waals surface area contributed by atoms with Gasteiger partial charge in [0.2, 0.25) is 0 Å². The number of anilines is 1. The van der Waals surface area contributed by atoms with Gasteiger partial charge in [0.15, 0.2) is 5.78 Å². The smallest absolute Gasteiger partial charge is 0.338 e. The number of para-hydroxylation sites is 1. The first-order chi connectivity index (χ1) is 14.2. The van der Waals surface area contributed by atoms with Crippen molar-refractivity contribution < 1.29 is 14.3 Å². The van der Waals surface area contributed by atoms with E-state index in [0.717, 1.165) is 12.8 Å². The summed E-state index contributed by atoms with van der Waals surface area (Å²) in [6.45, 7) is 0.691. The van der Waals surface area contributed by atoms with Crippen molar-refractivity contribution >= 4 is 17.6 Å². The number of hydrogen-bond acceptors (Lipinski definition) is 7. The number of ketones is 1. The van der Waals surface area contributed by atoms with Crippen LogP contribution in [-0.4, -0.2) is 51.4 Å². The van der Waals surface area contributed by atoms with Gasteiger partial charge in [0.25, 0.3) is 0 Å². The molecule has 8 nitrogen and oxygen atoms in total. The lowest BCUT2D eigenvalue weighted by molar-refractivity contribution is 0.0600. The van der Waals surface area contributed by atoms with Gasteiger partial charge in [-0.15, -0.1) is 0 Å². The summed E-state index contributed by atoms with van der Waals surface area (Å²) in [6.07, 6.45) is 7.35. The number of carbonyl (C=O) groups is 2. The van der Waals surface area contributed by atoms with Gasteiger partial charge < -0.3 is 9.64 Å². The predicted molar refractivity (Wildman–Crippen MR) is 106 cm³/mol. The number of hydrogen-bond donors (Lipinski definition) is 0. The number of carbonyl (C=O) groups excluding carboxylic acids is 2. The molecule has 0 unspecified atom stereocenters. The van der Waals surface area contributed by atoms with Crippen molar-refractivity contribution in [1.29, 1.82) is 0 Å². The quantitative estimate of drug-likeness (QED) is 0.488. The molecular formula is C21H21N5O3. The number of pyridine rings is 1. The third kappa shape index (κ3) is 3.73. The minimum Gasteiger partial charge on any atom is -0.465 e. The fourth-order valence-electron chi connectivity index (χ4n) is 3.67. The Morgan fingerprint density at radius 2 is 1.86 bits per heavy atom. The van der Waals surface area contributed by atoms with E-state index in [2.05, 4.69) is 15.2 Å². The van der Waals surface area contributed by atoms with Crippen molar-refractivity contribution in [1.82, 2.24) is 20.0 Å². The molecule has 0 radical (unpaired) electrons. The number of piperidine rings is 1. The Morgan fingerprint density at radius 3 is 2.66 bits per heavy atom. The second kappa shape index (κ2) is 8.22. The van der Waals surface area contributed by atoms with Gasteiger partial charge in [-0.2, -0.15) is 15.0 Å². The summed E-state index contributed by atoms with van der Waals surface area (Å²) in [5.74, 6) is 0.159. The second-order valence-electron chi connectivity index (χ2n) is 6.80. The van der Waals surface area contributed by atoms with Crippen molar-refractivity contribution in [2.45, 2.75) is 25.3 Å². The molecule has 0 spiro atoms. The van der Waals surface area contributed by atoms with Crippen LogP contribution in [-0.2, 0) is 4.74 Å². The fraction of sp³-hybridized carbons (Fsp3) is 0.286. The zero-order chi connectivity index (χ0) is 20.2. The van der Waals surface area contributed by atoms with E-state index >= 15 is 0 Å². The molecule has 1 atom stereocenters. The molecule has 8 heteroatoms. The normalized spacial score (nSPS) is 16.4. The lowest BCUT2D eigenvalue weighted by atomic mass is 9.93. The molecule has 3 heterocycles. The summed E-state index contributed by atoms with van der Waals surface area (Å²) in [5, 5.41) is 8.34. The van der Waals surface area contributed by atoms with Gasteiger partial charge in [0.05, 0.1) is 36.8 Å². The van der Waals surface area contributed by atoms with Crippen molar-refractivity contribution in [3.8, 4) is 5.69 Å². The van der Waals surface area contributed by atoms with Gasteiger partial charge in [-0.3, -0.25) is 4.79 Å². The van der Waals surface area contributed by atoms with Crippen molar-refractivity contribution in [2.75, 3.05) is 18.6 Å². The Hall–Kier alpha value is -3.55. The van der Waals surface area contributed by atoms with E-state index in [1.54, 1.807) is 36.8 Å². The van der Waals surface area contributed by atoms with Crippen LogP contribution in [0.25, 0.3) is 5.69 Å². The first-order valence-corrected chi connectivity index (χ1v) is 9.50. The molecule has 148 valence electrons. The number of ether oxygens (including phenoxy) is 1. The van der Waals surface area contributed by atoms with Gasteiger partial charge in [-0.25, -0.2) is 9.78 Å². The Kier molecular flexibility index (Phi) is 5.33. The SMILES string of the molecule is COC(=O)c1ccnc(N2CCCC[C@@H]2C(=O)c2ccccc2-n2nccn2)c1. The largest absolute Gasteiger partial charge is 0.465 e. The molecule has 3 aromatic rings. The van der Waals surface area contributed by atoms with Gasteiger partial charge in [-0.05, 0) is 43.5 Å². The highest BCUT2D eigenvalue weighted by molar-refractivity contribution is 6.04. The highest BCUT2D eigenvalue weighted by atomic mass is 16.5. The molecule has 1 aliphatic rings. The molecule has 1 aliphatic heterocycles. The van der Waals surface area contributed by atoms with Crippen LogP contribution in [0.4, 0.5) is 5.82 Å². The van der Waals surface area contributed by atoms with E-state index in [1.807, 2.05) is 23.1 Å². The van der Waals surface area contributed by atoms with E-state index in [1.165, 1.54) is 11.9 Å². The summed E-state index contributed by atoms with van der Waals surface area (Å²) < 4.78 is 4.81. The zero-order valence-electron chi connectivity index (χ0n) is 16.1. The first kappa shape index (κ1) is 18.8. The van der Waals surface area contributed by atoms with Crippen molar-refractivity contribution in [3.63, 3.8) is 0 Å². The van der Waals surface area contributed by atoms with Crippen LogP contribution in [0.1, 0.15) is 40.0 Å². The standard InChI is InChI=1S/C21H21N5O3/c1-29-21(28)15-9-10-22-19(14-15)25-13-5-4-8-18(25)20(27)16-6-2-3-7-17(16)26-23-11-12-24-26/h2-3,6-7,9-12,14,18H,4-5,8,13H2,1H3/t18-/m1/s1. The second-order valence-corrected chi connectivity index (χ2v) is 6.80. The maximum atomic E-state index is 13.5. The monoisotopic (exact) mass is 391 g/mol. The van der Waals surface area contributed by atoms with Gasteiger partial charge >= 0.3 is 5.97 Å². The maximum absolute atomic E-state index is 13.5. The van der Waals surface area contributed by atoms with Gasteiger partial charge in [-0.1, -0.05) is 12.1 Å². The minimum atomic E-state index is -0.427. The lowest BCUT2D eigenvalue weighted by Crippen LogP contribution is -2.45. The number of esters is 1. The molecular weight excluding hydrogens is 370 g/mol. The van der Waals surface area contributed by atoms with E-state index in [9.17, 15) is 9.59 Å². The van der Waals surface area contributed by atoms with Crippen LogP contribution in [0.2, 0.25) is 0 Å². The molecule has 1 aromatic carbocycles. The predicted octanol–water partition coefficient (Wildman–Crippen LogP) is 2.69. The summed E-state index contributed by atoms with van der Waals surface area (Å²) >= 11 is 0.